The number of ether oxygens (including phenoxy) is 1. The van der Waals surface area contributed by atoms with E-state index in [2.05, 4.69) is 17.1 Å². The largest absolute Gasteiger partial charge is 0.497 e. The molecule has 2 heterocycles. The van der Waals surface area contributed by atoms with Crippen LogP contribution in [0, 0.1) is 0 Å². The average molecular weight is 327 g/mol. The van der Waals surface area contributed by atoms with E-state index in [1.54, 1.807) is 13.2 Å². The normalized spacial score (nSPS) is 16.2. The maximum absolute atomic E-state index is 12.2. The summed E-state index contributed by atoms with van der Waals surface area (Å²) in [5.74, 6) is 0.380. The Labute approximate surface area is 138 Å². The molecule has 1 fully saturated rings. The van der Waals surface area contributed by atoms with Crippen LogP contribution in [-0.2, 0) is 9.59 Å². The monoisotopic (exact) mass is 327 g/mol. The third-order valence-electron chi connectivity index (χ3n) is 3.90. The van der Waals surface area contributed by atoms with Gasteiger partial charge in [-0.15, -0.1) is 0 Å². The van der Waals surface area contributed by atoms with Crippen molar-refractivity contribution in [3.8, 4) is 17.0 Å². The van der Waals surface area contributed by atoms with Gasteiger partial charge in [0.25, 0.3) is 0 Å². The number of carbonyl (C=O) groups is 2. The Balaban J connectivity index is 1.69. The Morgan fingerprint density at radius 3 is 2.96 bits per heavy atom. The van der Waals surface area contributed by atoms with Crippen molar-refractivity contribution >= 4 is 17.7 Å². The summed E-state index contributed by atoms with van der Waals surface area (Å²) in [7, 11) is 1.59. The van der Waals surface area contributed by atoms with Gasteiger partial charge in [-0.25, -0.2) is 0 Å². The van der Waals surface area contributed by atoms with Gasteiger partial charge >= 0.3 is 0 Å². The summed E-state index contributed by atoms with van der Waals surface area (Å²) in [6, 6.07) is 8.48. The fourth-order valence-electron chi connectivity index (χ4n) is 2.50. The molecule has 1 aliphatic rings. The molecule has 7 nitrogen and oxygen atoms in total. The number of anilines is 1. The predicted octanol–water partition coefficient (Wildman–Crippen LogP) is 2.08. The van der Waals surface area contributed by atoms with Crippen molar-refractivity contribution in [3.05, 3.63) is 43.0 Å². The second-order valence-electron chi connectivity index (χ2n) is 5.34. The smallest absolute Gasteiger partial charge is 0.249 e. The number of nitrogens with one attached hydrogen (secondary N) is 1. The summed E-state index contributed by atoms with van der Waals surface area (Å²) in [6.07, 6.45) is 1.82. The van der Waals surface area contributed by atoms with Gasteiger partial charge < -0.3 is 14.2 Å². The lowest BCUT2D eigenvalue weighted by Crippen LogP contribution is -2.56. The van der Waals surface area contributed by atoms with E-state index in [-0.39, 0.29) is 17.7 Å². The van der Waals surface area contributed by atoms with Crippen LogP contribution in [0.5, 0.6) is 5.75 Å². The number of likely N-dealkylation sites (tertiary alicyclic amines) is 1. The van der Waals surface area contributed by atoms with E-state index < -0.39 is 6.04 Å². The molecular formula is C17H17N3O4. The Hall–Kier alpha value is -3.09. The topological polar surface area (TPSA) is 84.7 Å². The molecule has 0 spiro atoms. The molecule has 0 radical (unpaired) electrons. The van der Waals surface area contributed by atoms with Crippen molar-refractivity contribution in [2.75, 3.05) is 19.0 Å². The molecular weight excluding hydrogens is 310 g/mol. The van der Waals surface area contributed by atoms with E-state index >= 15 is 0 Å². The third kappa shape index (κ3) is 3.01. The molecule has 7 heteroatoms. The fraction of sp³-hybridized carbons (Fsp3) is 0.235. The van der Waals surface area contributed by atoms with E-state index in [9.17, 15) is 9.59 Å². The van der Waals surface area contributed by atoms with Crippen molar-refractivity contribution in [2.24, 2.45) is 0 Å². The number of hydrogen-bond donors (Lipinski definition) is 1. The summed E-state index contributed by atoms with van der Waals surface area (Å²) >= 11 is 0. The SMILES string of the molecule is C=CC(=O)N1CC[C@H]1C(=O)Nc1cc(-c2cccc(OC)c2)no1. The molecule has 0 unspecified atom stereocenters. The molecule has 1 saturated heterocycles. The summed E-state index contributed by atoms with van der Waals surface area (Å²) in [6.45, 7) is 3.98. The molecule has 1 atom stereocenters. The third-order valence-corrected chi connectivity index (χ3v) is 3.90. The number of carbonyl (C=O) groups excluding carboxylic acids is 2. The first-order chi connectivity index (χ1) is 11.6. The average Bonchev–Trinajstić information content (AvgIpc) is 3.02. The first-order valence-electron chi connectivity index (χ1n) is 7.47. The lowest BCUT2D eigenvalue weighted by molar-refractivity contribution is -0.141. The van der Waals surface area contributed by atoms with E-state index in [0.717, 1.165) is 5.56 Å². The number of methoxy groups -OCH3 is 1. The molecule has 3 rings (SSSR count). The van der Waals surface area contributed by atoms with Crippen molar-refractivity contribution in [2.45, 2.75) is 12.5 Å². The van der Waals surface area contributed by atoms with Crippen molar-refractivity contribution < 1.29 is 18.8 Å². The number of nitrogens with zero attached hydrogens (tertiary/aromatic N) is 2. The first kappa shape index (κ1) is 15.8. The van der Waals surface area contributed by atoms with Crippen molar-refractivity contribution in [3.63, 3.8) is 0 Å². The number of rotatable bonds is 5. The van der Waals surface area contributed by atoms with Crippen LogP contribution in [0.2, 0.25) is 0 Å². The highest BCUT2D eigenvalue weighted by atomic mass is 16.5. The van der Waals surface area contributed by atoms with Gasteiger partial charge in [0.05, 0.1) is 7.11 Å². The lowest BCUT2D eigenvalue weighted by atomic mass is 10.0. The molecule has 0 bridgehead atoms. The molecule has 2 aromatic rings. The molecule has 1 aromatic carbocycles. The zero-order valence-corrected chi connectivity index (χ0v) is 13.2. The minimum absolute atomic E-state index is 0.232. The number of benzene rings is 1. The molecule has 1 N–H and O–H groups in total. The Morgan fingerprint density at radius 1 is 1.46 bits per heavy atom. The van der Waals surface area contributed by atoms with Crippen LogP contribution in [0.15, 0.2) is 47.5 Å². The Morgan fingerprint density at radius 2 is 2.29 bits per heavy atom. The van der Waals surface area contributed by atoms with E-state index in [1.807, 2.05) is 24.3 Å². The zero-order chi connectivity index (χ0) is 17.1. The molecule has 1 aliphatic heterocycles. The van der Waals surface area contributed by atoms with Gasteiger partial charge in [0.1, 0.15) is 17.5 Å². The first-order valence-corrected chi connectivity index (χ1v) is 7.47. The minimum Gasteiger partial charge on any atom is -0.497 e. The standard InChI is InChI=1S/C17H17N3O4/c1-3-16(21)20-8-7-14(20)17(22)18-15-10-13(19-24-15)11-5-4-6-12(9-11)23-2/h3-6,9-10,14H,1,7-8H2,2H3,(H,18,22)/t14-/m0/s1. The van der Waals surface area contributed by atoms with E-state index in [0.29, 0.717) is 24.4 Å². The van der Waals surface area contributed by atoms with Gasteiger partial charge in [0.15, 0.2) is 0 Å². The van der Waals surface area contributed by atoms with Crippen LogP contribution < -0.4 is 10.1 Å². The second kappa shape index (κ2) is 6.57. The predicted molar refractivity (Wildman–Crippen MR) is 87.4 cm³/mol. The van der Waals surface area contributed by atoms with Crippen LogP contribution in [-0.4, -0.2) is 41.6 Å². The van der Waals surface area contributed by atoms with Crippen LogP contribution >= 0.6 is 0 Å². The van der Waals surface area contributed by atoms with Crippen LogP contribution in [0.1, 0.15) is 6.42 Å². The van der Waals surface area contributed by atoms with Crippen LogP contribution in [0.25, 0.3) is 11.3 Å². The number of aromatic nitrogens is 1. The van der Waals surface area contributed by atoms with Crippen molar-refractivity contribution in [1.29, 1.82) is 0 Å². The number of amides is 2. The highest BCUT2D eigenvalue weighted by Crippen LogP contribution is 2.26. The van der Waals surface area contributed by atoms with Gasteiger partial charge in [-0.2, -0.15) is 0 Å². The zero-order valence-electron chi connectivity index (χ0n) is 13.2. The lowest BCUT2D eigenvalue weighted by Gasteiger charge is -2.38. The molecule has 0 saturated carbocycles. The van der Waals surface area contributed by atoms with Gasteiger partial charge in [-0.1, -0.05) is 23.9 Å². The van der Waals surface area contributed by atoms with Gasteiger partial charge in [-0.3, -0.25) is 14.9 Å². The highest BCUT2D eigenvalue weighted by molar-refractivity contribution is 5.99. The van der Waals surface area contributed by atoms with E-state index in [4.69, 9.17) is 9.26 Å². The minimum atomic E-state index is -0.499. The van der Waals surface area contributed by atoms with Crippen molar-refractivity contribution in [1.82, 2.24) is 10.1 Å². The summed E-state index contributed by atoms with van der Waals surface area (Å²) < 4.78 is 10.3. The maximum Gasteiger partial charge on any atom is 0.249 e. The molecule has 124 valence electrons. The highest BCUT2D eigenvalue weighted by Gasteiger charge is 2.36. The van der Waals surface area contributed by atoms with Gasteiger partial charge in [-0.05, 0) is 24.6 Å². The second-order valence-corrected chi connectivity index (χ2v) is 5.34. The van der Waals surface area contributed by atoms with Gasteiger partial charge in [0.2, 0.25) is 17.7 Å². The Bertz CT molecular complexity index is 784. The summed E-state index contributed by atoms with van der Waals surface area (Å²) in [4.78, 5) is 25.3. The summed E-state index contributed by atoms with van der Waals surface area (Å²) in [5, 5.41) is 6.59. The molecule has 24 heavy (non-hydrogen) atoms. The summed E-state index contributed by atoms with van der Waals surface area (Å²) in [5.41, 5.74) is 1.39. The Kier molecular flexibility index (Phi) is 4.33. The van der Waals surface area contributed by atoms with Crippen LogP contribution in [0.3, 0.4) is 0 Å². The molecule has 0 aliphatic carbocycles. The molecule has 1 aromatic heterocycles. The molecule has 2 amide bonds. The quantitative estimate of drug-likeness (QED) is 0.850. The van der Waals surface area contributed by atoms with Crippen LogP contribution in [0.4, 0.5) is 5.88 Å². The van der Waals surface area contributed by atoms with E-state index in [1.165, 1.54) is 11.0 Å². The van der Waals surface area contributed by atoms with Gasteiger partial charge in [0, 0.05) is 18.2 Å². The maximum atomic E-state index is 12.2. The number of hydrogen-bond acceptors (Lipinski definition) is 5. The fourth-order valence-corrected chi connectivity index (χ4v) is 2.50.